The Balaban J connectivity index is 1.90. The van der Waals surface area contributed by atoms with Crippen LogP contribution < -0.4 is 5.01 Å². The van der Waals surface area contributed by atoms with Crippen LogP contribution in [0.3, 0.4) is 0 Å². The van der Waals surface area contributed by atoms with Crippen molar-refractivity contribution in [2.75, 3.05) is 18.1 Å². The van der Waals surface area contributed by atoms with Gasteiger partial charge in [-0.2, -0.15) is 10.1 Å². The van der Waals surface area contributed by atoms with Gasteiger partial charge < -0.3 is 0 Å². The average Bonchev–Trinajstić information content (AvgIpc) is 2.84. The zero-order valence-corrected chi connectivity index (χ0v) is 11.1. The third-order valence-electron chi connectivity index (χ3n) is 3.53. The SMILES string of the molecule is N#Cc1nn(N2CCC2)c2ncc(-c3cccnc3)nc12. The standard InChI is InChI=1S/C14H11N7/c15-7-11-13-14(21(19-11)20-5-2-6-20)17-9-12(18-13)10-3-1-4-16-8-10/h1,3-4,8-9H,2,5-6H2. The van der Waals surface area contributed by atoms with E-state index >= 15 is 0 Å². The quantitative estimate of drug-likeness (QED) is 0.697. The van der Waals surface area contributed by atoms with Crippen LogP contribution >= 0.6 is 0 Å². The van der Waals surface area contributed by atoms with Gasteiger partial charge in [-0.05, 0) is 18.6 Å². The number of hydrogen-bond donors (Lipinski definition) is 0. The summed E-state index contributed by atoms with van der Waals surface area (Å²) in [6.45, 7) is 1.85. The van der Waals surface area contributed by atoms with E-state index in [1.165, 1.54) is 0 Å². The third-order valence-corrected chi connectivity index (χ3v) is 3.53. The average molecular weight is 277 g/mol. The maximum atomic E-state index is 9.26. The van der Waals surface area contributed by atoms with Gasteiger partial charge in [0.05, 0.1) is 11.9 Å². The van der Waals surface area contributed by atoms with E-state index in [2.05, 4.69) is 26.1 Å². The van der Waals surface area contributed by atoms with Crippen LogP contribution in [0.4, 0.5) is 0 Å². The van der Waals surface area contributed by atoms with E-state index in [0.29, 0.717) is 22.6 Å². The number of aromatic nitrogens is 5. The molecule has 0 saturated carbocycles. The van der Waals surface area contributed by atoms with Crippen molar-refractivity contribution in [1.82, 2.24) is 24.8 Å². The van der Waals surface area contributed by atoms with Crippen molar-refractivity contribution in [3.05, 3.63) is 36.4 Å². The minimum absolute atomic E-state index is 0.301. The van der Waals surface area contributed by atoms with E-state index < -0.39 is 0 Å². The minimum Gasteiger partial charge on any atom is -0.295 e. The molecule has 3 aromatic rings. The number of nitrogens with zero attached hydrogens (tertiary/aromatic N) is 7. The fourth-order valence-corrected chi connectivity index (χ4v) is 2.29. The Morgan fingerprint density at radius 1 is 1.24 bits per heavy atom. The van der Waals surface area contributed by atoms with Crippen molar-refractivity contribution in [3.8, 4) is 17.3 Å². The largest absolute Gasteiger partial charge is 0.295 e. The number of fused-ring (bicyclic) bond motifs is 1. The first-order chi connectivity index (χ1) is 10.4. The summed E-state index contributed by atoms with van der Waals surface area (Å²) in [5.74, 6) is 0. The highest BCUT2D eigenvalue weighted by Crippen LogP contribution is 2.21. The molecule has 0 atom stereocenters. The summed E-state index contributed by atoms with van der Waals surface area (Å²) >= 11 is 0. The van der Waals surface area contributed by atoms with Crippen LogP contribution in [0.25, 0.3) is 22.4 Å². The fraction of sp³-hybridized carbons (Fsp3) is 0.214. The maximum absolute atomic E-state index is 9.26. The molecule has 3 aromatic heterocycles. The van der Waals surface area contributed by atoms with Gasteiger partial charge in [0, 0.05) is 31.0 Å². The molecule has 4 heterocycles. The highest BCUT2D eigenvalue weighted by atomic mass is 15.7. The second-order valence-electron chi connectivity index (χ2n) is 4.83. The minimum atomic E-state index is 0.301. The monoisotopic (exact) mass is 277 g/mol. The van der Waals surface area contributed by atoms with Gasteiger partial charge in [-0.15, -0.1) is 5.10 Å². The van der Waals surface area contributed by atoms with E-state index in [1.54, 1.807) is 23.4 Å². The van der Waals surface area contributed by atoms with Crippen LogP contribution in [0, 0.1) is 11.3 Å². The van der Waals surface area contributed by atoms with Crippen molar-refractivity contribution in [3.63, 3.8) is 0 Å². The van der Waals surface area contributed by atoms with Gasteiger partial charge in [0.15, 0.2) is 5.69 Å². The summed E-state index contributed by atoms with van der Waals surface area (Å²) < 4.78 is 0. The molecule has 1 saturated heterocycles. The van der Waals surface area contributed by atoms with E-state index in [0.717, 1.165) is 25.1 Å². The Labute approximate surface area is 120 Å². The summed E-state index contributed by atoms with van der Waals surface area (Å²) in [4.78, 5) is 14.8. The van der Waals surface area contributed by atoms with Gasteiger partial charge in [-0.3, -0.25) is 9.99 Å². The summed E-state index contributed by atoms with van der Waals surface area (Å²) in [7, 11) is 0. The second kappa shape index (κ2) is 4.52. The van der Waals surface area contributed by atoms with Crippen LogP contribution in [-0.2, 0) is 0 Å². The highest BCUT2D eigenvalue weighted by molar-refractivity contribution is 5.79. The molecule has 1 aliphatic heterocycles. The van der Waals surface area contributed by atoms with Gasteiger partial charge in [0.25, 0.3) is 0 Å². The van der Waals surface area contributed by atoms with E-state index in [-0.39, 0.29) is 0 Å². The van der Waals surface area contributed by atoms with Crippen molar-refractivity contribution in [2.24, 2.45) is 0 Å². The van der Waals surface area contributed by atoms with Crippen molar-refractivity contribution < 1.29 is 0 Å². The molecule has 0 bridgehead atoms. The predicted octanol–water partition coefficient (Wildman–Crippen LogP) is 1.10. The first-order valence-electron chi connectivity index (χ1n) is 6.68. The molecule has 4 rings (SSSR count). The van der Waals surface area contributed by atoms with Gasteiger partial charge >= 0.3 is 0 Å². The lowest BCUT2D eigenvalue weighted by Crippen LogP contribution is -2.46. The van der Waals surface area contributed by atoms with Gasteiger partial charge in [-0.25, -0.2) is 9.97 Å². The third kappa shape index (κ3) is 1.80. The lowest BCUT2D eigenvalue weighted by molar-refractivity contribution is 0.443. The molecule has 0 unspecified atom stereocenters. The zero-order chi connectivity index (χ0) is 14.2. The molecular weight excluding hydrogens is 266 g/mol. The Bertz CT molecular complexity index is 843. The predicted molar refractivity (Wildman–Crippen MR) is 75.8 cm³/mol. The highest BCUT2D eigenvalue weighted by Gasteiger charge is 2.22. The number of pyridine rings is 1. The Morgan fingerprint density at radius 2 is 2.14 bits per heavy atom. The van der Waals surface area contributed by atoms with Gasteiger partial charge in [0.2, 0.25) is 5.65 Å². The first kappa shape index (κ1) is 11.8. The van der Waals surface area contributed by atoms with Crippen molar-refractivity contribution in [2.45, 2.75) is 6.42 Å². The first-order valence-corrected chi connectivity index (χ1v) is 6.68. The second-order valence-corrected chi connectivity index (χ2v) is 4.83. The molecule has 1 aliphatic rings. The fourth-order valence-electron chi connectivity index (χ4n) is 2.29. The van der Waals surface area contributed by atoms with Crippen LogP contribution in [0.2, 0.25) is 0 Å². The van der Waals surface area contributed by atoms with Crippen LogP contribution in [0.1, 0.15) is 12.1 Å². The van der Waals surface area contributed by atoms with Crippen LogP contribution in [0.15, 0.2) is 30.7 Å². The van der Waals surface area contributed by atoms with E-state index in [9.17, 15) is 5.26 Å². The Kier molecular flexibility index (Phi) is 2.54. The molecule has 0 spiro atoms. The molecule has 1 fully saturated rings. The van der Waals surface area contributed by atoms with E-state index in [1.807, 2.05) is 17.1 Å². The summed E-state index contributed by atoms with van der Waals surface area (Å²) in [5, 5.41) is 15.6. The van der Waals surface area contributed by atoms with Crippen LogP contribution in [0.5, 0.6) is 0 Å². The van der Waals surface area contributed by atoms with Gasteiger partial charge in [0.1, 0.15) is 11.6 Å². The smallest absolute Gasteiger partial charge is 0.201 e. The topological polar surface area (TPSA) is 83.5 Å². The Hall–Kier alpha value is -3.01. The molecule has 0 radical (unpaired) electrons. The molecule has 21 heavy (non-hydrogen) atoms. The molecule has 7 nitrogen and oxygen atoms in total. The molecule has 0 aliphatic carbocycles. The number of hydrogen-bond acceptors (Lipinski definition) is 6. The van der Waals surface area contributed by atoms with Crippen molar-refractivity contribution >= 4 is 11.2 Å². The Morgan fingerprint density at radius 3 is 2.81 bits per heavy atom. The molecule has 0 N–H and O–H groups in total. The lowest BCUT2D eigenvalue weighted by Gasteiger charge is -2.32. The zero-order valence-electron chi connectivity index (χ0n) is 11.1. The normalized spacial score (nSPS) is 14.0. The molecule has 0 amide bonds. The summed E-state index contributed by atoms with van der Waals surface area (Å²) in [6.07, 6.45) is 6.25. The molecule has 102 valence electrons. The van der Waals surface area contributed by atoms with Crippen LogP contribution in [-0.4, -0.2) is 37.9 Å². The summed E-state index contributed by atoms with van der Waals surface area (Å²) in [6, 6.07) is 5.85. The molecule has 7 heteroatoms. The molecule has 0 aromatic carbocycles. The summed E-state index contributed by atoms with van der Waals surface area (Å²) in [5.41, 5.74) is 3.02. The number of nitriles is 1. The maximum Gasteiger partial charge on any atom is 0.201 e. The number of rotatable bonds is 2. The van der Waals surface area contributed by atoms with E-state index in [4.69, 9.17) is 0 Å². The van der Waals surface area contributed by atoms with Crippen molar-refractivity contribution in [1.29, 1.82) is 5.26 Å². The van der Waals surface area contributed by atoms with Gasteiger partial charge in [-0.1, -0.05) is 0 Å². The lowest BCUT2D eigenvalue weighted by atomic mass is 10.2. The molecular formula is C14H11N7.